The first kappa shape index (κ1) is 14.9. The number of hydrogen-bond acceptors (Lipinski definition) is 3. The summed E-state index contributed by atoms with van der Waals surface area (Å²) >= 11 is 0. The molecule has 1 unspecified atom stereocenters. The minimum Gasteiger partial charge on any atom is -0.371 e. The van der Waals surface area contributed by atoms with Gasteiger partial charge in [0, 0.05) is 41.9 Å². The van der Waals surface area contributed by atoms with Crippen LogP contribution in [0.15, 0.2) is 22.7 Å². The average Bonchev–Trinajstić information content (AvgIpc) is 2.47. The number of nitrogens with zero attached hydrogens (tertiary/aromatic N) is 3. The van der Waals surface area contributed by atoms with Crippen LogP contribution in [0.5, 0.6) is 0 Å². The standard InChI is InChI=1S/C15H19N5O/c1-9-12(7-16)10(2)19-14(13(9)18-3)11-5-4-6-20(8-11)15(17)21/h9,11,19H,4-6,8H2,1-2H3,(H2,17,21)/t9-,11?/m1/s1. The molecule has 21 heavy (non-hydrogen) atoms. The molecule has 6 nitrogen and oxygen atoms in total. The fourth-order valence-electron chi connectivity index (χ4n) is 3.09. The molecule has 110 valence electrons. The van der Waals surface area contributed by atoms with E-state index >= 15 is 0 Å². The van der Waals surface area contributed by atoms with Gasteiger partial charge in [0.15, 0.2) is 5.70 Å². The monoisotopic (exact) mass is 285 g/mol. The number of dihydropyridines is 1. The van der Waals surface area contributed by atoms with Crippen LogP contribution >= 0.6 is 0 Å². The molecule has 1 saturated heterocycles. The molecule has 2 heterocycles. The van der Waals surface area contributed by atoms with E-state index in [2.05, 4.69) is 16.2 Å². The number of urea groups is 1. The summed E-state index contributed by atoms with van der Waals surface area (Å²) in [7, 11) is 0. The molecule has 2 amide bonds. The molecule has 6 heteroatoms. The Morgan fingerprint density at radius 3 is 2.90 bits per heavy atom. The number of nitrogens with two attached hydrogens (primary N) is 1. The molecule has 0 aromatic rings. The van der Waals surface area contributed by atoms with E-state index < -0.39 is 6.03 Å². The van der Waals surface area contributed by atoms with E-state index in [-0.39, 0.29) is 11.8 Å². The molecule has 2 rings (SSSR count). The topological polar surface area (TPSA) is 86.5 Å². The largest absolute Gasteiger partial charge is 0.371 e. The zero-order valence-corrected chi connectivity index (χ0v) is 12.3. The molecule has 0 aromatic carbocycles. The third-order valence-electron chi connectivity index (χ3n) is 4.23. The molecule has 0 bridgehead atoms. The van der Waals surface area contributed by atoms with E-state index in [1.807, 2.05) is 13.8 Å². The van der Waals surface area contributed by atoms with Crippen molar-refractivity contribution in [1.29, 1.82) is 5.26 Å². The number of piperidine rings is 1. The number of carbonyl (C=O) groups excluding carboxylic acids is 1. The molecule has 2 aliphatic heterocycles. The summed E-state index contributed by atoms with van der Waals surface area (Å²) in [5, 5.41) is 12.4. The zero-order chi connectivity index (χ0) is 15.6. The van der Waals surface area contributed by atoms with Crippen molar-refractivity contribution in [3.05, 3.63) is 34.1 Å². The highest BCUT2D eigenvalue weighted by molar-refractivity contribution is 5.72. The molecular weight excluding hydrogens is 266 g/mol. The maximum atomic E-state index is 11.4. The van der Waals surface area contributed by atoms with Crippen LogP contribution in [0.4, 0.5) is 4.79 Å². The van der Waals surface area contributed by atoms with Gasteiger partial charge >= 0.3 is 6.03 Å². The van der Waals surface area contributed by atoms with Crippen molar-refractivity contribution in [1.82, 2.24) is 10.2 Å². The van der Waals surface area contributed by atoms with Gasteiger partial charge < -0.3 is 16.0 Å². The predicted octanol–water partition coefficient (Wildman–Crippen LogP) is 1.94. The number of rotatable bonds is 1. The molecule has 2 atom stereocenters. The van der Waals surface area contributed by atoms with E-state index in [0.29, 0.717) is 24.4 Å². The van der Waals surface area contributed by atoms with Gasteiger partial charge in [0.05, 0.1) is 12.6 Å². The van der Waals surface area contributed by atoms with Gasteiger partial charge in [-0.15, -0.1) is 0 Å². The van der Waals surface area contributed by atoms with Crippen molar-refractivity contribution in [3.63, 3.8) is 0 Å². The normalized spacial score (nSPS) is 26.0. The Kier molecular flexibility index (Phi) is 4.18. The highest BCUT2D eigenvalue weighted by atomic mass is 16.2. The second kappa shape index (κ2) is 5.88. The highest BCUT2D eigenvalue weighted by Gasteiger charge is 2.33. The van der Waals surface area contributed by atoms with Crippen molar-refractivity contribution in [2.75, 3.05) is 13.1 Å². The van der Waals surface area contributed by atoms with Gasteiger partial charge in [-0.05, 0) is 19.8 Å². The van der Waals surface area contributed by atoms with Crippen LogP contribution in [0.3, 0.4) is 0 Å². The number of nitrogens with one attached hydrogen (secondary N) is 1. The summed E-state index contributed by atoms with van der Waals surface area (Å²) < 4.78 is 0. The maximum absolute atomic E-state index is 11.4. The number of amides is 2. The molecular formula is C15H19N5O. The quantitative estimate of drug-likeness (QED) is 0.722. The predicted molar refractivity (Wildman–Crippen MR) is 78.1 cm³/mol. The van der Waals surface area contributed by atoms with Gasteiger partial charge in [0.2, 0.25) is 0 Å². The van der Waals surface area contributed by atoms with Gasteiger partial charge in [0.1, 0.15) is 0 Å². The first-order valence-electron chi connectivity index (χ1n) is 7.03. The second-order valence-corrected chi connectivity index (χ2v) is 5.53. The third kappa shape index (κ3) is 2.71. The number of allylic oxidation sites excluding steroid dienone is 2. The van der Waals surface area contributed by atoms with Crippen LogP contribution in [0.1, 0.15) is 26.7 Å². The van der Waals surface area contributed by atoms with E-state index in [9.17, 15) is 10.1 Å². The molecule has 0 aromatic heterocycles. The van der Waals surface area contributed by atoms with Gasteiger partial charge in [-0.25, -0.2) is 9.64 Å². The zero-order valence-electron chi connectivity index (χ0n) is 12.3. The van der Waals surface area contributed by atoms with Crippen molar-refractivity contribution < 1.29 is 4.79 Å². The van der Waals surface area contributed by atoms with Gasteiger partial charge in [-0.2, -0.15) is 5.26 Å². The number of primary amides is 1. The lowest BCUT2D eigenvalue weighted by Gasteiger charge is -2.36. The van der Waals surface area contributed by atoms with Crippen LogP contribution in [-0.2, 0) is 0 Å². The lowest BCUT2D eigenvalue weighted by Crippen LogP contribution is -2.45. The van der Waals surface area contributed by atoms with Crippen LogP contribution in [0.2, 0.25) is 0 Å². The SMILES string of the molecule is [C-]#[N+]C1=C(C2CCCN(C(N)=O)C2)NC(C)=C(C#N)[C@H]1C. The Morgan fingerprint density at radius 1 is 1.62 bits per heavy atom. The maximum Gasteiger partial charge on any atom is 0.314 e. The Bertz CT molecular complexity index is 605. The second-order valence-electron chi connectivity index (χ2n) is 5.53. The van der Waals surface area contributed by atoms with Crippen LogP contribution in [0.25, 0.3) is 4.85 Å². The molecule has 0 radical (unpaired) electrons. The van der Waals surface area contributed by atoms with E-state index in [1.54, 1.807) is 4.90 Å². The fraction of sp³-hybridized carbons (Fsp3) is 0.533. The third-order valence-corrected chi connectivity index (χ3v) is 4.23. The number of hydrogen-bond donors (Lipinski definition) is 2. The summed E-state index contributed by atoms with van der Waals surface area (Å²) in [5.41, 5.74) is 8.19. The van der Waals surface area contributed by atoms with E-state index in [4.69, 9.17) is 12.3 Å². The first-order chi connectivity index (χ1) is 9.99. The highest BCUT2D eigenvalue weighted by Crippen LogP contribution is 2.35. The van der Waals surface area contributed by atoms with Crippen molar-refractivity contribution >= 4 is 6.03 Å². The van der Waals surface area contributed by atoms with Crippen LogP contribution in [0, 0.1) is 29.7 Å². The minimum absolute atomic E-state index is 0.0768. The van der Waals surface area contributed by atoms with Gasteiger partial charge in [0.25, 0.3) is 0 Å². The summed E-state index contributed by atoms with van der Waals surface area (Å²) in [5.74, 6) is -0.124. The Balaban J connectivity index is 2.32. The summed E-state index contributed by atoms with van der Waals surface area (Å²) in [6.45, 7) is 12.4. The summed E-state index contributed by atoms with van der Waals surface area (Å²) in [6, 6.07) is 1.76. The molecule has 3 N–H and O–H groups in total. The number of carbonyl (C=O) groups is 1. The molecule has 0 aliphatic carbocycles. The minimum atomic E-state index is -0.418. The smallest absolute Gasteiger partial charge is 0.314 e. The molecule has 2 aliphatic rings. The lowest BCUT2D eigenvalue weighted by molar-refractivity contribution is 0.180. The first-order valence-corrected chi connectivity index (χ1v) is 7.03. The number of nitriles is 1. The van der Waals surface area contributed by atoms with Crippen molar-refractivity contribution in [2.45, 2.75) is 26.7 Å². The van der Waals surface area contributed by atoms with Crippen molar-refractivity contribution in [3.8, 4) is 6.07 Å². The van der Waals surface area contributed by atoms with Crippen LogP contribution in [-0.4, -0.2) is 24.0 Å². The summed E-state index contributed by atoms with van der Waals surface area (Å²) in [6.07, 6.45) is 1.78. The van der Waals surface area contributed by atoms with E-state index in [1.165, 1.54) is 0 Å². The van der Waals surface area contributed by atoms with Gasteiger partial charge in [-0.1, -0.05) is 6.92 Å². The molecule has 1 fully saturated rings. The molecule has 0 saturated carbocycles. The Labute approximate surface area is 124 Å². The fourth-order valence-corrected chi connectivity index (χ4v) is 3.09. The van der Waals surface area contributed by atoms with Crippen molar-refractivity contribution in [2.24, 2.45) is 17.6 Å². The van der Waals surface area contributed by atoms with Crippen LogP contribution < -0.4 is 11.1 Å². The Hall–Kier alpha value is -2.47. The summed E-state index contributed by atoms with van der Waals surface area (Å²) in [4.78, 5) is 16.6. The number of likely N-dealkylation sites (tertiary alicyclic amines) is 1. The lowest BCUT2D eigenvalue weighted by atomic mass is 9.85. The average molecular weight is 285 g/mol. The molecule has 0 spiro atoms. The van der Waals surface area contributed by atoms with Gasteiger partial charge in [-0.3, -0.25) is 0 Å². The Morgan fingerprint density at radius 2 is 2.33 bits per heavy atom. The van der Waals surface area contributed by atoms with E-state index in [0.717, 1.165) is 24.2 Å².